The summed E-state index contributed by atoms with van der Waals surface area (Å²) >= 11 is 1.79. The lowest BCUT2D eigenvalue weighted by atomic mass is 10.00. The highest BCUT2D eigenvalue weighted by Crippen LogP contribution is 2.30. The Morgan fingerprint density at radius 2 is 1.84 bits per heavy atom. The number of rotatable bonds is 4. The predicted molar refractivity (Wildman–Crippen MR) is 80.0 cm³/mol. The monoisotopic (exact) mass is 278 g/mol. The lowest BCUT2D eigenvalue weighted by Crippen LogP contribution is -2.20. The molecule has 0 amide bonds. The molecule has 2 aromatic rings. The van der Waals surface area contributed by atoms with Gasteiger partial charge in [-0.2, -0.15) is 0 Å². The van der Waals surface area contributed by atoms with Gasteiger partial charge in [-0.3, -0.25) is 0 Å². The fraction of sp³-hybridized carbons (Fsp3) is 0.533. The molecule has 4 heteroatoms. The van der Waals surface area contributed by atoms with Gasteiger partial charge in [-0.05, 0) is 47.2 Å². The third-order valence-corrected chi connectivity index (χ3v) is 4.86. The fourth-order valence-corrected chi connectivity index (χ4v) is 3.45. The van der Waals surface area contributed by atoms with E-state index >= 15 is 0 Å². The third kappa shape index (κ3) is 2.74. The predicted octanol–water partition coefficient (Wildman–Crippen LogP) is 3.78. The summed E-state index contributed by atoms with van der Waals surface area (Å²) in [4.78, 5) is 5.94. The van der Waals surface area contributed by atoms with Crippen molar-refractivity contribution in [1.82, 2.24) is 10.3 Å². The van der Waals surface area contributed by atoms with E-state index in [2.05, 4.69) is 31.1 Å². The van der Waals surface area contributed by atoms with Crippen LogP contribution >= 0.6 is 11.3 Å². The first kappa shape index (κ1) is 14.3. The highest BCUT2D eigenvalue weighted by Gasteiger charge is 2.21. The molecular formula is C15H22N2OS. The van der Waals surface area contributed by atoms with E-state index < -0.39 is 0 Å². The van der Waals surface area contributed by atoms with Gasteiger partial charge in [0.05, 0.1) is 10.7 Å². The Kier molecular flexibility index (Phi) is 4.11. The van der Waals surface area contributed by atoms with Crippen molar-refractivity contribution in [3.05, 3.63) is 38.2 Å². The van der Waals surface area contributed by atoms with Crippen molar-refractivity contribution in [2.45, 2.75) is 47.1 Å². The van der Waals surface area contributed by atoms with Crippen LogP contribution in [0.2, 0.25) is 0 Å². The minimum Gasteiger partial charge on any atom is -0.466 e. The molecule has 1 atom stereocenters. The molecule has 19 heavy (non-hydrogen) atoms. The Morgan fingerprint density at radius 1 is 1.16 bits per heavy atom. The quantitative estimate of drug-likeness (QED) is 0.925. The average Bonchev–Trinajstić information content (AvgIpc) is 2.78. The van der Waals surface area contributed by atoms with Gasteiger partial charge in [-0.15, -0.1) is 11.3 Å². The molecule has 1 unspecified atom stereocenters. The maximum Gasteiger partial charge on any atom is 0.106 e. The molecule has 0 aliphatic carbocycles. The second kappa shape index (κ2) is 5.47. The number of nitrogens with zero attached hydrogens (tertiary/aromatic N) is 1. The zero-order chi connectivity index (χ0) is 14.2. The highest BCUT2D eigenvalue weighted by molar-refractivity contribution is 7.11. The van der Waals surface area contributed by atoms with E-state index in [1.807, 2.05) is 20.9 Å². The number of thiazole rings is 1. The molecule has 0 aliphatic rings. The van der Waals surface area contributed by atoms with E-state index in [4.69, 9.17) is 4.42 Å². The third-order valence-electron chi connectivity index (χ3n) is 3.77. The normalized spacial score (nSPS) is 12.9. The molecule has 0 aliphatic heterocycles. The number of hydrogen-bond acceptors (Lipinski definition) is 4. The van der Waals surface area contributed by atoms with Gasteiger partial charge in [0.2, 0.25) is 0 Å². The Bertz CT molecular complexity index is 564. The van der Waals surface area contributed by atoms with Gasteiger partial charge in [0, 0.05) is 22.9 Å². The molecule has 2 heterocycles. The highest BCUT2D eigenvalue weighted by atomic mass is 32.1. The summed E-state index contributed by atoms with van der Waals surface area (Å²) in [6.07, 6.45) is 0.913. The summed E-state index contributed by atoms with van der Waals surface area (Å²) < 4.78 is 5.74. The van der Waals surface area contributed by atoms with Gasteiger partial charge >= 0.3 is 0 Å². The Hall–Kier alpha value is -1.13. The van der Waals surface area contributed by atoms with Crippen LogP contribution in [0.5, 0.6) is 0 Å². The molecule has 2 aromatic heterocycles. The van der Waals surface area contributed by atoms with E-state index in [9.17, 15) is 0 Å². The number of nitrogens with one attached hydrogen (secondary N) is 1. The van der Waals surface area contributed by atoms with Gasteiger partial charge in [-0.25, -0.2) is 4.98 Å². The summed E-state index contributed by atoms with van der Waals surface area (Å²) in [5, 5.41) is 4.58. The van der Waals surface area contributed by atoms with Crippen molar-refractivity contribution in [2.75, 3.05) is 7.05 Å². The van der Waals surface area contributed by atoms with Gasteiger partial charge in [0.1, 0.15) is 11.5 Å². The largest absolute Gasteiger partial charge is 0.466 e. The first-order valence-electron chi connectivity index (χ1n) is 6.60. The zero-order valence-corrected chi connectivity index (χ0v) is 13.4. The number of hydrogen-bond donors (Lipinski definition) is 1. The molecule has 0 saturated carbocycles. The maximum atomic E-state index is 5.74. The smallest absolute Gasteiger partial charge is 0.106 e. The molecule has 3 nitrogen and oxygen atoms in total. The summed E-state index contributed by atoms with van der Waals surface area (Å²) in [6.45, 7) is 10.4. The standard InChI is InChI=1S/C15H22N2OS/c1-8-10(3)18-11(4)15(8)13(16-6)7-14-17-9(2)12(5)19-14/h13,16H,7H2,1-6H3. The summed E-state index contributed by atoms with van der Waals surface area (Å²) in [7, 11) is 2.00. The Balaban J connectivity index is 2.30. The Labute approximate surface area is 119 Å². The van der Waals surface area contributed by atoms with Crippen molar-refractivity contribution in [3.8, 4) is 0 Å². The summed E-state index contributed by atoms with van der Waals surface area (Å²) in [5.41, 5.74) is 3.68. The minimum absolute atomic E-state index is 0.266. The van der Waals surface area contributed by atoms with Gasteiger partial charge in [0.25, 0.3) is 0 Å². The second-order valence-corrected chi connectivity index (χ2v) is 6.34. The minimum atomic E-state index is 0.266. The molecule has 1 N–H and O–H groups in total. The van der Waals surface area contributed by atoms with Gasteiger partial charge in [-0.1, -0.05) is 0 Å². The maximum absolute atomic E-state index is 5.74. The van der Waals surface area contributed by atoms with Crippen molar-refractivity contribution in [1.29, 1.82) is 0 Å². The topological polar surface area (TPSA) is 38.1 Å². The second-order valence-electron chi connectivity index (χ2n) is 5.05. The van der Waals surface area contributed by atoms with Crippen LogP contribution in [-0.2, 0) is 6.42 Å². The lowest BCUT2D eigenvalue weighted by molar-refractivity contribution is 0.489. The molecule has 0 saturated heterocycles. The first-order valence-corrected chi connectivity index (χ1v) is 7.42. The lowest BCUT2D eigenvalue weighted by Gasteiger charge is -2.15. The number of aromatic nitrogens is 1. The van der Waals surface area contributed by atoms with Crippen LogP contribution < -0.4 is 5.32 Å². The number of aryl methyl sites for hydroxylation is 4. The SMILES string of the molecule is CNC(Cc1nc(C)c(C)s1)c1c(C)oc(C)c1C. The van der Waals surface area contributed by atoms with Crippen molar-refractivity contribution >= 4 is 11.3 Å². The van der Waals surface area contributed by atoms with Gasteiger partial charge in [0.15, 0.2) is 0 Å². The van der Waals surface area contributed by atoms with E-state index in [1.165, 1.54) is 21.0 Å². The Morgan fingerprint density at radius 3 is 2.26 bits per heavy atom. The first-order chi connectivity index (χ1) is 8.93. The molecule has 0 bridgehead atoms. The van der Waals surface area contributed by atoms with Crippen molar-refractivity contribution < 1.29 is 4.42 Å². The molecule has 0 radical (unpaired) electrons. The van der Waals surface area contributed by atoms with E-state index in [0.29, 0.717) is 0 Å². The van der Waals surface area contributed by atoms with E-state index in [1.54, 1.807) is 11.3 Å². The molecule has 0 spiro atoms. The van der Waals surface area contributed by atoms with Crippen LogP contribution in [0.1, 0.15) is 44.3 Å². The van der Waals surface area contributed by atoms with Crippen LogP contribution in [0.25, 0.3) is 0 Å². The number of furan rings is 1. The average molecular weight is 278 g/mol. The summed E-state index contributed by atoms with van der Waals surface area (Å²) in [6, 6.07) is 0.266. The van der Waals surface area contributed by atoms with Crippen molar-refractivity contribution in [2.24, 2.45) is 0 Å². The van der Waals surface area contributed by atoms with Crippen LogP contribution in [0.3, 0.4) is 0 Å². The molecule has 0 fully saturated rings. The van der Waals surface area contributed by atoms with Crippen LogP contribution in [0, 0.1) is 34.6 Å². The fourth-order valence-electron chi connectivity index (χ4n) is 2.47. The number of likely N-dealkylation sites (N-methyl/N-ethyl adjacent to an activating group) is 1. The van der Waals surface area contributed by atoms with Gasteiger partial charge < -0.3 is 9.73 Å². The van der Waals surface area contributed by atoms with Crippen LogP contribution in [0.4, 0.5) is 0 Å². The molecule has 2 rings (SSSR count). The van der Waals surface area contributed by atoms with E-state index in [-0.39, 0.29) is 6.04 Å². The molecule has 0 aromatic carbocycles. The summed E-state index contributed by atoms with van der Waals surface area (Å²) in [5.74, 6) is 2.03. The molecule has 104 valence electrons. The molecular weight excluding hydrogens is 256 g/mol. The zero-order valence-electron chi connectivity index (χ0n) is 12.5. The van der Waals surface area contributed by atoms with Crippen LogP contribution in [-0.4, -0.2) is 12.0 Å². The van der Waals surface area contributed by atoms with Crippen molar-refractivity contribution in [3.63, 3.8) is 0 Å². The van der Waals surface area contributed by atoms with Crippen LogP contribution in [0.15, 0.2) is 4.42 Å². The van der Waals surface area contributed by atoms with E-state index in [0.717, 1.165) is 23.6 Å².